The minimum Gasteiger partial charge on any atom is -0.379 e. The minimum atomic E-state index is -0.269. The van der Waals surface area contributed by atoms with Crippen LogP contribution in [-0.2, 0) is 16.1 Å². The summed E-state index contributed by atoms with van der Waals surface area (Å²) in [4.78, 5) is 17.0. The molecule has 2 saturated heterocycles. The van der Waals surface area contributed by atoms with Gasteiger partial charge in [0, 0.05) is 32.7 Å². The first-order chi connectivity index (χ1) is 10.2. The number of rotatable bonds is 3. The quantitative estimate of drug-likeness (QED) is 0.849. The van der Waals surface area contributed by atoms with Gasteiger partial charge in [-0.1, -0.05) is 30.3 Å². The smallest absolute Gasteiger partial charge is 0.233 e. The van der Waals surface area contributed by atoms with Crippen LogP contribution in [0.3, 0.4) is 0 Å². The third-order valence-corrected chi connectivity index (χ3v) is 4.48. The predicted octanol–water partition coefficient (Wildman–Crippen LogP) is 1.76. The average Bonchev–Trinajstić information content (AvgIpc) is 2.71. The standard InChI is InChI=1S/C17H24N2O2/c1-17(13-21-14-17)16(20)19-9-5-8-18(10-11-19)12-15-6-3-2-4-7-15/h2-4,6-7H,5,8-14H2,1H3. The Labute approximate surface area is 126 Å². The molecule has 0 saturated carbocycles. The molecule has 0 radical (unpaired) electrons. The van der Waals surface area contributed by atoms with Gasteiger partial charge >= 0.3 is 0 Å². The van der Waals surface area contributed by atoms with Crippen LogP contribution in [0, 0.1) is 5.41 Å². The van der Waals surface area contributed by atoms with Crippen molar-refractivity contribution in [3.63, 3.8) is 0 Å². The van der Waals surface area contributed by atoms with Gasteiger partial charge in [-0.25, -0.2) is 0 Å². The number of benzene rings is 1. The highest BCUT2D eigenvalue weighted by Crippen LogP contribution is 2.29. The molecule has 0 unspecified atom stereocenters. The van der Waals surface area contributed by atoms with Crippen LogP contribution in [0.4, 0.5) is 0 Å². The van der Waals surface area contributed by atoms with Gasteiger partial charge in [-0.2, -0.15) is 0 Å². The van der Waals surface area contributed by atoms with Crippen LogP contribution < -0.4 is 0 Å². The SMILES string of the molecule is CC1(C(=O)N2CCCN(Cc3ccccc3)CC2)COC1. The highest BCUT2D eigenvalue weighted by molar-refractivity contribution is 5.83. The Hall–Kier alpha value is -1.39. The largest absolute Gasteiger partial charge is 0.379 e. The molecule has 3 rings (SSSR count). The van der Waals surface area contributed by atoms with E-state index < -0.39 is 0 Å². The van der Waals surface area contributed by atoms with Gasteiger partial charge in [0.15, 0.2) is 0 Å². The van der Waals surface area contributed by atoms with Gasteiger partial charge in [-0.3, -0.25) is 9.69 Å². The lowest BCUT2D eigenvalue weighted by Gasteiger charge is -2.40. The van der Waals surface area contributed by atoms with E-state index in [0.29, 0.717) is 13.2 Å². The zero-order valence-electron chi connectivity index (χ0n) is 12.8. The van der Waals surface area contributed by atoms with Crippen LogP contribution in [0.1, 0.15) is 18.9 Å². The summed E-state index contributed by atoms with van der Waals surface area (Å²) in [5, 5.41) is 0. The molecule has 2 fully saturated rings. The molecule has 1 aromatic carbocycles. The van der Waals surface area contributed by atoms with Crippen LogP contribution in [0.15, 0.2) is 30.3 Å². The van der Waals surface area contributed by atoms with Gasteiger partial charge in [-0.05, 0) is 18.9 Å². The van der Waals surface area contributed by atoms with Gasteiger partial charge < -0.3 is 9.64 Å². The van der Waals surface area contributed by atoms with Crippen molar-refractivity contribution in [2.75, 3.05) is 39.4 Å². The predicted molar refractivity (Wildman–Crippen MR) is 81.8 cm³/mol. The maximum absolute atomic E-state index is 12.5. The van der Waals surface area contributed by atoms with Crippen LogP contribution in [-0.4, -0.2) is 55.1 Å². The van der Waals surface area contributed by atoms with E-state index in [9.17, 15) is 4.79 Å². The number of hydrogen-bond acceptors (Lipinski definition) is 3. The van der Waals surface area contributed by atoms with Crippen LogP contribution >= 0.6 is 0 Å². The highest BCUT2D eigenvalue weighted by atomic mass is 16.5. The number of amides is 1. The fraction of sp³-hybridized carbons (Fsp3) is 0.588. The second kappa shape index (κ2) is 6.16. The zero-order valence-corrected chi connectivity index (χ0v) is 12.8. The summed E-state index contributed by atoms with van der Waals surface area (Å²) in [6.45, 7) is 7.88. The van der Waals surface area contributed by atoms with E-state index in [-0.39, 0.29) is 11.3 Å². The molecule has 2 aliphatic rings. The third-order valence-electron chi connectivity index (χ3n) is 4.48. The first-order valence-electron chi connectivity index (χ1n) is 7.81. The van der Waals surface area contributed by atoms with Gasteiger partial charge in [0.1, 0.15) is 0 Å². The topological polar surface area (TPSA) is 32.8 Å². The Kier molecular flexibility index (Phi) is 4.27. The molecule has 0 N–H and O–H groups in total. The van der Waals surface area contributed by atoms with E-state index in [1.165, 1.54) is 5.56 Å². The van der Waals surface area contributed by atoms with Gasteiger partial charge in [-0.15, -0.1) is 0 Å². The molecular weight excluding hydrogens is 264 g/mol. The van der Waals surface area contributed by atoms with E-state index >= 15 is 0 Å². The number of nitrogens with zero attached hydrogens (tertiary/aromatic N) is 2. The van der Waals surface area contributed by atoms with Crippen molar-refractivity contribution in [3.05, 3.63) is 35.9 Å². The zero-order chi connectivity index (χ0) is 14.7. The Balaban J connectivity index is 1.55. The van der Waals surface area contributed by atoms with Crippen molar-refractivity contribution in [1.82, 2.24) is 9.80 Å². The van der Waals surface area contributed by atoms with Crippen LogP contribution in [0.5, 0.6) is 0 Å². The summed E-state index contributed by atoms with van der Waals surface area (Å²) in [5.41, 5.74) is 1.07. The normalized spacial score (nSPS) is 22.4. The number of hydrogen-bond donors (Lipinski definition) is 0. The minimum absolute atomic E-state index is 0.269. The maximum atomic E-state index is 12.5. The van der Waals surface area contributed by atoms with Crippen molar-refractivity contribution >= 4 is 5.91 Å². The average molecular weight is 288 g/mol. The molecule has 0 aliphatic carbocycles. The highest BCUT2D eigenvalue weighted by Gasteiger charge is 2.43. The summed E-state index contributed by atoms with van der Waals surface area (Å²) >= 11 is 0. The summed E-state index contributed by atoms with van der Waals surface area (Å²) in [5.74, 6) is 0.273. The van der Waals surface area contributed by atoms with E-state index in [1.54, 1.807) is 0 Å². The Morgan fingerprint density at radius 2 is 1.90 bits per heavy atom. The third kappa shape index (κ3) is 3.27. The summed E-state index contributed by atoms with van der Waals surface area (Å²) < 4.78 is 5.22. The van der Waals surface area contributed by atoms with Gasteiger partial charge in [0.2, 0.25) is 5.91 Å². The number of ether oxygens (including phenoxy) is 1. The number of carbonyl (C=O) groups excluding carboxylic acids is 1. The lowest BCUT2D eigenvalue weighted by molar-refractivity contribution is -0.168. The first kappa shape index (κ1) is 14.5. The van der Waals surface area contributed by atoms with Crippen LogP contribution in [0.25, 0.3) is 0 Å². The van der Waals surface area contributed by atoms with Crippen molar-refractivity contribution in [2.45, 2.75) is 19.9 Å². The fourth-order valence-corrected chi connectivity index (χ4v) is 3.09. The molecule has 0 bridgehead atoms. The van der Waals surface area contributed by atoms with Crippen molar-refractivity contribution < 1.29 is 9.53 Å². The molecular formula is C17H24N2O2. The lowest BCUT2D eigenvalue weighted by Crippen LogP contribution is -2.54. The van der Waals surface area contributed by atoms with E-state index in [2.05, 4.69) is 29.2 Å². The molecule has 1 aromatic rings. The van der Waals surface area contributed by atoms with E-state index in [0.717, 1.165) is 39.1 Å². The Morgan fingerprint density at radius 3 is 2.57 bits per heavy atom. The van der Waals surface area contributed by atoms with Gasteiger partial charge in [0.05, 0.1) is 18.6 Å². The lowest BCUT2D eigenvalue weighted by atomic mass is 9.87. The van der Waals surface area contributed by atoms with Crippen LogP contribution in [0.2, 0.25) is 0 Å². The first-order valence-corrected chi connectivity index (χ1v) is 7.81. The maximum Gasteiger partial charge on any atom is 0.233 e. The summed E-state index contributed by atoms with van der Waals surface area (Å²) in [7, 11) is 0. The van der Waals surface area contributed by atoms with Crippen molar-refractivity contribution in [2.24, 2.45) is 5.41 Å². The molecule has 0 spiro atoms. The molecule has 2 aliphatic heterocycles. The summed E-state index contributed by atoms with van der Waals surface area (Å²) in [6.07, 6.45) is 1.05. The monoisotopic (exact) mass is 288 g/mol. The molecule has 4 heteroatoms. The van der Waals surface area contributed by atoms with Crippen molar-refractivity contribution in [1.29, 1.82) is 0 Å². The molecule has 0 atom stereocenters. The molecule has 0 aromatic heterocycles. The second-order valence-electron chi connectivity index (χ2n) is 6.46. The van der Waals surface area contributed by atoms with E-state index in [4.69, 9.17) is 4.74 Å². The second-order valence-corrected chi connectivity index (χ2v) is 6.46. The van der Waals surface area contributed by atoms with E-state index in [1.807, 2.05) is 17.9 Å². The van der Waals surface area contributed by atoms with Gasteiger partial charge in [0.25, 0.3) is 0 Å². The fourth-order valence-electron chi connectivity index (χ4n) is 3.09. The number of carbonyl (C=O) groups is 1. The summed E-state index contributed by atoms with van der Waals surface area (Å²) in [6, 6.07) is 10.6. The Morgan fingerprint density at radius 1 is 1.14 bits per heavy atom. The molecule has 1 amide bonds. The molecule has 4 nitrogen and oxygen atoms in total. The molecule has 21 heavy (non-hydrogen) atoms. The molecule has 114 valence electrons. The Bertz CT molecular complexity index is 485. The molecule has 2 heterocycles. The van der Waals surface area contributed by atoms with Crippen molar-refractivity contribution in [3.8, 4) is 0 Å².